The highest BCUT2D eigenvalue weighted by Gasteiger charge is 2.23. The van der Waals surface area contributed by atoms with E-state index < -0.39 is 0 Å². The third kappa shape index (κ3) is 5.12. The number of hydrogen-bond acceptors (Lipinski definition) is 3. The van der Waals surface area contributed by atoms with Gasteiger partial charge in [0, 0.05) is 23.7 Å². The Bertz CT molecular complexity index is 437. The smallest absolute Gasteiger partial charge is 0.234 e. The highest BCUT2D eigenvalue weighted by atomic mass is 35.5. The number of carbonyl (C=O) groups is 1. The molecule has 0 aliphatic rings. The van der Waals surface area contributed by atoms with Gasteiger partial charge in [0.15, 0.2) is 0 Å². The van der Waals surface area contributed by atoms with Crippen molar-refractivity contribution in [2.75, 3.05) is 20.1 Å². The van der Waals surface area contributed by atoms with Crippen molar-refractivity contribution >= 4 is 17.5 Å². The summed E-state index contributed by atoms with van der Waals surface area (Å²) < 4.78 is 0. The number of nitrogens with zero attached hydrogens (tertiary/aromatic N) is 1. The first-order valence-corrected chi connectivity index (χ1v) is 7.31. The van der Waals surface area contributed by atoms with E-state index in [0.717, 1.165) is 12.0 Å². The highest BCUT2D eigenvalue weighted by molar-refractivity contribution is 6.30. The second-order valence-corrected chi connectivity index (χ2v) is 5.56. The van der Waals surface area contributed by atoms with E-state index in [1.807, 2.05) is 50.1 Å². The topological polar surface area (TPSA) is 58.4 Å². The lowest BCUT2D eigenvalue weighted by atomic mass is 9.99. The summed E-state index contributed by atoms with van der Waals surface area (Å²) in [6, 6.07) is 7.48. The summed E-state index contributed by atoms with van der Waals surface area (Å²) >= 11 is 6.03. The molecule has 2 unspecified atom stereocenters. The number of hydrogen-bond donors (Lipinski definition) is 2. The van der Waals surface area contributed by atoms with Crippen LogP contribution in [0.2, 0.25) is 5.02 Å². The number of nitrogens with two attached hydrogens (primary N) is 1. The first kappa shape index (κ1) is 17.0. The average molecular weight is 298 g/mol. The lowest BCUT2D eigenvalue weighted by Gasteiger charge is -2.31. The van der Waals surface area contributed by atoms with E-state index in [0.29, 0.717) is 18.1 Å². The number of benzene rings is 1. The largest absolute Gasteiger partial charge is 0.355 e. The lowest BCUT2D eigenvalue weighted by Crippen LogP contribution is -2.42. The van der Waals surface area contributed by atoms with Gasteiger partial charge in [-0.05, 0) is 38.1 Å². The number of halogens is 1. The van der Waals surface area contributed by atoms with Crippen LogP contribution < -0.4 is 11.1 Å². The van der Waals surface area contributed by atoms with Gasteiger partial charge in [-0.1, -0.05) is 30.7 Å². The van der Waals surface area contributed by atoms with Crippen LogP contribution in [-0.2, 0) is 4.79 Å². The Balaban J connectivity index is 2.78. The first-order chi connectivity index (χ1) is 9.45. The van der Waals surface area contributed by atoms with E-state index in [9.17, 15) is 4.79 Å². The van der Waals surface area contributed by atoms with E-state index in [4.69, 9.17) is 17.3 Å². The number of nitrogens with one attached hydrogen (secondary N) is 1. The van der Waals surface area contributed by atoms with Crippen molar-refractivity contribution in [2.24, 2.45) is 5.73 Å². The van der Waals surface area contributed by atoms with Crippen molar-refractivity contribution in [1.29, 1.82) is 0 Å². The second-order valence-electron chi connectivity index (χ2n) is 5.12. The predicted molar refractivity (Wildman–Crippen MR) is 83.8 cm³/mol. The van der Waals surface area contributed by atoms with Crippen LogP contribution in [0.1, 0.15) is 31.9 Å². The van der Waals surface area contributed by atoms with Crippen molar-refractivity contribution in [3.05, 3.63) is 34.9 Å². The van der Waals surface area contributed by atoms with Crippen LogP contribution in [0.5, 0.6) is 0 Å². The molecule has 0 spiro atoms. The molecule has 5 heteroatoms. The summed E-state index contributed by atoms with van der Waals surface area (Å²) in [5.74, 6) is 0.0158. The highest BCUT2D eigenvalue weighted by Crippen LogP contribution is 2.24. The van der Waals surface area contributed by atoms with Crippen LogP contribution in [0.3, 0.4) is 0 Å². The molecule has 0 saturated heterocycles. The molecule has 0 aliphatic carbocycles. The fourth-order valence-corrected chi connectivity index (χ4v) is 2.49. The molecule has 4 nitrogen and oxygen atoms in total. The van der Waals surface area contributed by atoms with Gasteiger partial charge < -0.3 is 11.1 Å². The minimum absolute atomic E-state index is 0.0158. The van der Waals surface area contributed by atoms with Gasteiger partial charge >= 0.3 is 0 Å². The van der Waals surface area contributed by atoms with E-state index in [1.165, 1.54) is 0 Å². The van der Waals surface area contributed by atoms with Crippen molar-refractivity contribution in [2.45, 2.75) is 32.4 Å². The maximum atomic E-state index is 11.8. The first-order valence-electron chi connectivity index (χ1n) is 6.93. The zero-order valence-electron chi connectivity index (χ0n) is 12.4. The fourth-order valence-electron chi connectivity index (χ4n) is 2.30. The minimum Gasteiger partial charge on any atom is -0.355 e. The number of rotatable bonds is 7. The van der Waals surface area contributed by atoms with Crippen LogP contribution >= 0.6 is 11.6 Å². The molecule has 0 bridgehead atoms. The van der Waals surface area contributed by atoms with Crippen LogP contribution in [0, 0.1) is 0 Å². The molecule has 20 heavy (non-hydrogen) atoms. The summed E-state index contributed by atoms with van der Waals surface area (Å²) in [5, 5.41) is 3.55. The molecular formula is C15H24ClN3O. The fraction of sp³-hybridized carbons (Fsp3) is 0.533. The van der Waals surface area contributed by atoms with Gasteiger partial charge in [-0.2, -0.15) is 0 Å². The molecule has 0 fully saturated rings. The van der Waals surface area contributed by atoms with E-state index in [1.54, 1.807) is 0 Å². The van der Waals surface area contributed by atoms with E-state index in [2.05, 4.69) is 5.32 Å². The van der Waals surface area contributed by atoms with E-state index in [-0.39, 0.29) is 18.0 Å². The Morgan fingerprint density at radius 1 is 1.50 bits per heavy atom. The molecule has 3 N–H and O–H groups in total. The van der Waals surface area contributed by atoms with Crippen molar-refractivity contribution in [3.8, 4) is 0 Å². The van der Waals surface area contributed by atoms with Gasteiger partial charge in [0.25, 0.3) is 0 Å². The Morgan fingerprint density at radius 3 is 2.75 bits per heavy atom. The molecule has 0 aliphatic heterocycles. The molecule has 0 heterocycles. The predicted octanol–water partition coefficient (Wildman–Crippen LogP) is 2.19. The maximum absolute atomic E-state index is 11.8. The van der Waals surface area contributed by atoms with Crippen molar-refractivity contribution in [3.63, 3.8) is 0 Å². The molecule has 2 atom stereocenters. The zero-order chi connectivity index (χ0) is 15.1. The third-order valence-electron chi connectivity index (χ3n) is 3.13. The second kappa shape index (κ2) is 8.25. The molecular weight excluding hydrogens is 274 g/mol. The zero-order valence-corrected chi connectivity index (χ0v) is 13.2. The van der Waals surface area contributed by atoms with Crippen LogP contribution in [0.15, 0.2) is 24.3 Å². The summed E-state index contributed by atoms with van der Waals surface area (Å²) in [7, 11) is 1.90. The van der Waals surface area contributed by atoms with Crippen LogP contribution in [-0.4, -0.2) is 37.0 Å². The lowest BCUT2D eigenvalue weighted by molar-refractivity contribution is -0.122. The van der Waals surface area contributed by atoms with Gasteiger partial charge in [0.05, 0.1) is 6.54 Å². The molecule has 0 aromatic heterocycles. The molecule has 112 valence electrons. The molecule has 0 saturated carbocycles. The number of amides is 1. The Kier molecular flexibility index (Phi) is 6.99. The Hall–Kier alpha value is -1.10. The standard InChI is InChI=1S/C15H24ClN3O/c1-4-8-18-14(20)10-19(3)15(11(2)17)12-6-5-7-13(16)9-12/h5-7,9,11,15H,4,8,10,17H2,1-3H3,(H,18,20). The molecule has 1 amide bonds. The van der Waals surface area contributed by atoms with Crippen molar-refractivity contribution < 1.29 is 4.79 Å². The third-order valence-corrected chi connectivity index (χ3v) is 3.36. The summed E-state index contributed by atoms with van der Waals surface area (Å²) in [5.41, 5.74) is 7.11. The van der Waals surface area contributed by atoms with Gasteiger partial charge in [-0.25, -0.2) is 0 Å². The Morgan fingerprint density at radius 2 is 2.20 bits per heavy atom. The quantitative estimate of drug-likeness (QED) is 0.811. The Labute approximate surface area is 126 Å². The van der Waals surface area contributed by atoms with Gasteiger partial charge in [-0.15, -0.1) is 0 Å². The summed E-state index contributed by atoms with van der Waals surface area (Å²) in [6.45, 7) is 4.98. The summed E-state index contributed by atoms with van der Waals surface area (Å²) in [4.78, 5) is 13.8. The minimum atomic E-state index is -0.0996. The average Bonchev–Trinajstić information content (AvgIpc) is 2.36. The monoisotopic (exact) mass is 297 g/mol. The SMILES string of the molecule is CCCNC(=O)CN(C)C(c1cccc(Cl)c1)C(C)N. The van der Waals surface area contributed by atoms with Crippen molar-refractivity contribution in [1.82, 2.24) is 10.2 Å². The molecule has 0 radical (unpaired) electrons. The maximum Gasteiger partial charge on any atom is 0.234 e. The number of carbonyl (C=O) groups excluding carboxylic acids is 1. The van der Waals surface area contributed by atoms with Gasteiger partial charge in [0.1, 0.15) is 0 Å². The van der Waals surface area contributed by atoms with Gasteiger partial charge in [-0.3, -0.25) is 9.69 Å². The van der Waals surface area contributed by atoms with Gasteiger partial charge in [0.2, 0.25) is 5.91 Å². The molecule has 1 aromatic carbocycles. The number of likely N-dealkylation sites (N-methyl/N-ethyl adjacent to an activating group) is 1. The van der Waals surface area contributed by atoms with E-state index >= 15 is 0 Å². The van der Waals surface area contributed by atoms with Crippen LogP contribution in [0.25, 0.3) is 0 Å². The normalized spacial score (nSPS) is 14.1. The van der Waals surface area contributed by atoms with Crippen LogP contribution in [0.4, 0.5) is 0 Å². The molecule has 1 aromatic rings. The molecule has 1 rings (SSSR count). The summed E-state index contributed by atoms with van der Waals surface area (Å²) in [6.07, 6.45) is 0.931.